The van der Waals surface area contributed by atoms with E-state index < -0.39 is 15.9 Å². The Hall–Kier alpha value is -1.71. The Morgan fingerprint density at radius 2 is 1.96 bits per heavy atom. The van der Waals surface area contributed by atoms with Crippen molar-refractivity contribution in [3.63, 3.8) is 0 Å². The van der Waals surface area contributed by atoms with Crippen molar-refractivity contribution < 1.29 is 17.7 Å². The summed E-state index contributed by atoms with van der Waals surface area (Å²) in [6, 6.07) is 8.63. The molecule has 0 saturated heterocycles. The van der Waals surface area contributed by atoms with Crippen LogP contribution in [-0.2, 0) is 23.1 Å². The second kappa shape index (κ2) is 7.24. The minimum absolute atomic E-state index is 0.0142. The molecule has 7 nitrogen and oxygen atoms in total. The SMILES string of the molecule is COc1ccc(Cn2nc(CCS(=O)(=O)O)cc(Br)c2=O)cc1. The number of methoxy groups -OCH3 is 1. The van der Waals surface area contributed by atoms with Gasteiger partial charge in [0.1, 0.15) is 5.75 Å². The van der Waals surface area contributed by atoms with Gasteiger partial charge in [0, 0.05) is 6.42 Å². The Kier molecular flexibility index (Phi) is 5.55. The molecule has 0 aliphatic carbocycles. The molecule has 9 heteroatoms. The van der Waals surface area contributed by atoms with Gasteiger partial charge in [0.15, 0.2) is 0 Å². The normalized spacial score (nSPS) is 11.4. The fourth-order valence-corrected chi connectivity index (χ4v) is 2.86. The summed E-state index contributed by atoms with van der Waals surface area (Å²) >= 11 is 3.15. The Balaban J connectivity index is 2.26. The molecule has 124 valence electrons. The zero-order valence-electron chi connectivity index (χ0n) is 12.3. The van der Waals surface area contributed by atoms with Crippen LogP contribution >= 0.6 is 15.9 Å². The number of ether oxygens (including phenoxy) is 1. The highest BCUT2D eigenvalue weighted by Crippen LogP contribution is 2.12. The van der Waals surface area contributed by atoms with Gasteiger partial charge in [-0.2, -0.15) is 13.5 Å². The monoisotopic (exact) mass is 402 g/mol. The molecule has 0 unspecified atom stereocenters. The Morgan fingerprint density at radius 3 is 2.52 bits per heavy atom. The molecule has 2 aromatic rings. The van der Waals surface area contributed by atoms with E-state index >= 15 is 0 Å². The molecule has 0 aliphatic heterocycles. The van der Waals surface area contributed by atoms with Crippen molar-refractivity contribution in [1.29, 1.82) is 0 Å². The van der Waals surface area contributed by atoms with Gasteiger partial charge in [0.25, 0.3) is 15.7 Å². The molecule has 0 aliphatic rings. The first-order valence-corrected chi connectivity index (χ1v) is 9.03. The van der Waals surface area contributed by atoms with Crippen LogP contribution in [0.1, 0.15) is 11.3 Å². The molecule has 1 heterocycles. The van der Waals surface area contributed by atoms with Crippen molar-refractivity contribution >= 4 is 26.0 Å². The Labute approximate surface area is 141 Å². The second-order valence-electron chi connectivity index (χ2n) is 4.83. The van der Waals surface area contributed by atoms with Crippen LogP contribution in [0.25, 0.3) is 0 Å². The van der Waals surface area contributed by atoms with E-state index in [0.717, 1.165) is 5.56 Å². The van der Waals surface area contributed by atoms with Crippen LogP contribution in [0.5, 0.6) is 5.75 Å². The fraction of sp³-hybridized carbons (Fsp3) is 0.286. The van der Waals surface area contributed by atoms with Crippen molar-refractivity contribution in [3.8, 4) is 5.75 Å². The van der Waals surface area contributed by atoms with Gasteiger partial charge < -0.3 is 4.74 Å². The van der Waals surface area contributed by atoms with Crippen LogP contribution in [0.3, 0.4) is 0 Å². The molecule has 0 amide bonds. The number of benzene rings is 1. The third-order valence-electron chi connectivity index (χ3n) is 3.09. The van der Waals surface area contributed by atoms with Crippen LogP contribution < -0.4 is 10.3 Å². The zero-order valence-corrected chi connectivity index (χ0v) is 14.7. The maximum absolute atomic E-state index is 12.1. The highest BCUT2D eigenvalue weighted by molar-refractivity contribution is 9.10. The molecule has 0 spiro atoms. The quantitative estimate of drug-likeness (QED) is 0.734. The van der Waals surface area contributed by atoms with E-state index in [1.165, 1.54) is 10.7 Å². The lowest BCUT2D eigenvalue weighted by molar-refractivity contribution is 0.414. The molecule has 0 fully saturated rings. The van der Waals surface area contributed by atoms with Crippen LogP contribution in [0.4, 0.5) is 0 Å². The average Bonchev–Trinajstić information content (AvgIpc) is 2.50. The minimum atomic E-state index is -4.08. The summed E-state index contributed by atoms with van der Waals surface area (Å²) in [7, 11) is -2.51. The van der Waals surface area contributed by atoms with Gasteiger partial charge >= 0.3 is 0 Å². The van der Waals surface area contributed by atoms with E-state index in [-0.39, 0.29) is 23.0 Å². The number of hydrogen-bond donors (Lipinski definition) is 1. The Bertz CT molecular complexity index is 846. The molecular weight excluding hydrogens is 388 g/mol. The topological polar surface area (TPSA) is 98.5 Å². The van der Waals surface area contributed by atoms with Crippen molar-refractivity contribution in [2.24, 2.45) is 0 Å². The van der Waals surface area contributed by atoms with E-state index in [2.05, 4.69) is 21.0 Å². The van der Waals surface area contributed by atoms with Crippen molar-refractivity contribution in [2.45, 2.75) is 13.0 Å². The highest BCUT2D eigenvalue weighted by Gasteiger charge is 2.11. The average molecular weight is 403 g/mol. The molecule has 1 N–H and O–H groups in total. The highest BCUT2D eigenvalue weighted by atomic mass is 79.9. The lowest BCUT2D eigenvalue weighted by Crippen LogP contribution is -2.26. The first-order valence-electron chi connectivity index (χ1n) is 6.63. The van der Waals surface area contributed by atoms with Crippen LogP contribution in [0.2, 0.25) is 0 Å². The summed E-state index contributed by atoms with van der Waals surface area (Å²) < 4.78 is 37.1. The summed E-state index contributed by atoms with van der Waals surface area (Å²) in [5.74, 6) is 0.254. The number of halogens is 1. The van der Waals surface area contributed by atoms with Gasteiger partial charge in [-0.1, -0.05) is 12.1 Å². The van der Waals surface area contributed by atoms with E-state index in [0.29, 0.717) is 11.4 Å². The van der Waals surface area contributed by atoms with Crippen molar-refractivity contribution in [2.75, 3.05) is 12.9 Å². The summed E-state index contributed by atoms with van der Waals surface area (Å²) in [5.41, 5.74) is 0.915. The standard InChI is InChI=1S/C14H15BrN2O5S/c1-22-12-4-2-10(3-5-12)9-17-14(18)13(15)8-11(16-17)6-7-23(19,20)21/h2-5,8H,6-7,9H2,1H3,(H,19,20,21). The molecule has 0 atom stereocenters. The number of nitrogens with zero attached hydrogens (tertiary/aromatic N) is 2. The summed E-state index contributed by atoms with van der Waals surface area (Å²) in [6.07, 6.45) is 0.0142. The maximum atomic E-state index is 12.1. The zero-order chi connectivity index (χ0) is 17.0. The van der Waals surface area contributed by atoms with E-state index in [9.17, 15) is 13.2 Å². The molecule has 23 heavy (non-hydrogen) atoms. The van der Waals surface area contributed by atoms with Crippen LogP contribution in [0.15, 0.2) is 39.6 Å². The fourth-order valence-electron chi connectivity index (χ4n) is 1.93. The molecule has 0 radical (unpaired) electrons. The molecule has 0 bridgehead atoms. The first kappa shape index (κ1) is 17.6. The van der Waals surface area contributed by atoms with Gasteiger partial charge in [0.05, 0.1) is 29.6 Å². The predicted octanol–water partition coefficient (Wildman–Crippen LogP) is 1.49. The number of aryl methyl sites for hydroxylation is 1. The summed E-state index contributed by atoms with van der Waals surface area (Å²) in [4.78, 5) is 12.1. The number of hydrogen-bond acceptors (Lipinski definition) is 5. The van der Waals surface area contributed by atoms with Gasteiger partial charge in [-0.15, -0.1) is 0 Å². The van der Waals surface area contributed by atoms with Crippen LogP contribution in [-0.4, -0.2) is 35.6 Å². The van der Waals surface area contributed by atoms with Gasteiger partial charge in [0.2, 0.25) is 0 Å². The molecule has 2 rings (SSSR count). The smallest absolute Gasteiger partial charge is 0.281 e. The Morgan fingerprint density at radius 1 is 1.30 bits per heavy atom. The molecular formula is C14H15BrN2O5S. The molecule has 0 saturated carbocycles. The lowest BCUT2D eigenvalue weighted by Gasteiger charge is -2.09. The van der Waals surface area contributed by atoms with Crippen molar-refractivity contribution in [3.05, 3.63) is 56.4 Å². The predicted molar refractivity (Wildman–Crippen MR) is 88.4 cm³/mol. The molecule has 1 aromatic carbocycles. The third kappa shape index (κ3) is 5.15. The largest absolute Gasteiger partial charge is 0.497 e. The second-order valence-corrected chi connectivity index (χ2v) is 7.26. The van der Waals surface area contributed by atoms with Gasteiger partial charge in [-0.05, 0) is 39.7 Å². The minimum Gasteiger partial charge on any atom is -0.497 e. The maximum Gasteiger partial charge on any atom is 0.281 e. The van der Waals surface area contributed by atoms with E-state index in [4.69, 9.17) is 9.29 Å². The van der Waals surface area contributed by atoms with E-state index in [1.807, 2.05) is 12.1 Å². The van der Waals surface area contributed by atoms with Gasteiger partial charge in [-0.3, -0.25) is 9.35 Å². The first-order chi connectivity index (χ1) is 10.8. The lowest BCUT2D eigenvalue weighted by atomic mass is 10.2. The van der Waals surface area contributed by atoms with Crippen molar-refractivity contribution in [1.82, 2.24) is 9.78 Å². The number of rotatable bonds is 6. The third-order valence-corrected chi connectivity index (χ3v) is 4.38. The summed E-state index contributed by atoms with van der Waals surface area (Å²) in [6.45, 7) is 0.237. The molecule has 1 aromatic heterocycles. The van der Waals surface area contributed by atoms with E-state index in [1.54, 1.807) is 19.2 Å². The summed E-state index contributed by atoms with van der Waals surface area (Å²) in [5, 5.41) is 4.14. The van der Waals surface area contributed by atoms with Crippen LogP contribution in [0, 0.1) is 0 Å². The number of aromatic nitrogens is 2. The van der Waals surface area contributed by atoms with Gasteiger partial charge in [-0.25, -0.2) is 4.68 Å².